The van der Waals surface area contributed by atoms with Crippen LogP contribution >= 0.6 is 15.9 Å². The Morgan fingerprint density at radius 1 is 1.50 bits per heavy atom. The first-order valence-corrected chi connectivity index (χ1v) is 5.67. The zero-order valence-electron chi connectivity index (χ0n) is 8.33. The molecule has 0 radical (unpaired) electrons. The van der Waals surface area contributed by atoms with Gasteiger partial charge in [-0.15, -0.1) is 0 Å². The Morgan fingerprint density at radius 2 is 2.29 bits per heavy atom. The summed E-state index contributed by atoms with van der Waals surface area (Å²) in [4.78, 5) is 0. The van der Waals surface area contributed by atoms with E-state index in [0.717, 1.165) is 10.9 Å². The van der Waals surface area contributed by atoms with Gasteiger partial charge < -0.3 is 10.4 Å². The van der Waals surface area contributed by atoms with Crippen LogP contribution in [0.3, 0.4) is 0 Å². The van der Waals surface area contributed by atoms with Gasteiger partial charge in [-0.3, -0.25) is 0 Å². The van der Waals surface area contributed by atoms with Crippen molar-refractivity contribution in [3.8, 4) is 0 Å². The molecule has 0 aromatic heterocycles. The van der Waals surface area contributed by atoms with Gasteiger partial charge in [0.15, 0.2) is 0 Å². The van der Waals surface area contributed by atoms with Crippen LogP contribution in [0.1, 0.15) is 24.9 Å². The summed E-state index contributed by atoms with van der Waals surface area (Å²) in [6, 6.07) is 8.59. The van der Waals surface area contributed by atoms with Crippen molar-refractivity contribution in [3.63, 3.8) is 0 Å². The van der Waals surface area contributed by atoms with E-state index in [-0.39, 0.29) is 6.61 Å². The van der Waals surface area contributed by atoms with E-state index in [0.29, 0.717) is 12.6 Å². The second-order valence-electron chi connectivity index (χ2n) is 3.19. The van der Waals surface area contributed by atoms with Crippen LogP contribution in [-0.4, -0.2) is 18.3 Å². The number of halogens is 1. The van der Waals surface area contributed by atoms with E-state index < -0.39 is 0 Å². The van der Waals surface area contributed by atoms with Gasteiger partial charge in [-0.25, -0.2) is 0 Å². The predicted molar refractivity (Wildman–Crippen MR) is 62.3 cm³/mol. The second-order valence-corrected chi connectivity index (χ2v) is 4.11. The normalized spacial score (nSPS) is 12.8. The molecule has 3 heteroatoms. The predicted octanol–water partition coefficient (Wildman–Crippen LogP) is 2.48. The van der Waals surface area contributed by atoms with Gasteiger partial charge in [0.05, 0.1) is 6.61 Å². The maximum Gasteiger partial charge on any atom is 0.0556 e. The summed E-state index contributed by atoms with van der Waals surface area (Å²) in [5.74, 6) is 0. The molecule has 0 heterocycles. The van der Waals surface area contributed by atoms with Crippen LogP contribution in [0.25, 0.3) is 0 Å². The minimum atomic E-state index is 0.185. The third-order valence-corrected chi connectivity index (χ3v) is 2.66. The van der Waals surface area contributed by atoms with Crippen LogP contribution in [-0.2, 0) is 0 Å². The maximum atomic E-state index is 8.74. The van der Waals surface area contributed by atoms with Crippen LogP contribution in [0.5, 0.6) is 0 Å². The fourth-order valence-electron chi connectivity index (χ4n) is 1.46. The SMILES string of the molecule is CC[C@H](NCCO)c1cccc(Br)c1. The standard InChI is InChI=1S/C11H16BrNO/c1-2-11(13-6-7-14)9-4-3-5-10(12)8-9/h3-5,8,11,13-14H,2,6-7H2,1H3/t11-/m0/s1. The van der Waals surface area contributed by atoms with E-state index in [4.69, 9.17) is 5.11 Å². The molecule has 1 aromatic carbocycles. The smallest absolute Gasteiger partial charge is 0.0556 e. The van der Waals surface area contributed by atoms with Crippen molar-refractivity contribution in [1.29, 1.82) is 0 Å². The Hall–Kier alpha value is -0.380. The summed E-state index contributed by atoms with van der Waals surface area (Å²) in [5.41, 5.74) is 1.26. The van der Waals surface area contributed by atoms with Crippen LogP contribution < -0.4 is 5.32 Å². The summed E-state index contributed by atoms with van der Waals surface area (Å²) in [6.07, 6.45) is 1.02. The van der Waals surface area contributed by atoms with E-state index in [2.05, 4.69) is 40.3 Å². The van der Waals surface area contributed by atoms with Gasteiger partial charge in [-0.1, -0.05) is 35.0 Å². The minimum absolute atomic E-state index is 0.185. The lowest BCUT2D eigenvalue weighted by atomic mass is 10.1. The van der Waals surface area contributed by atoms with E-state index in [1.165, 1.54) is 5.56 Å². The van der Waals surface area contributed by atoms with E-state index in [9.17, 15) is 0 Å². The molecule has 2 N–H and O–H groups in total. The van der Waals surface area contributed by atoms with Crippen molar-refractivity contribution in [2.75, 3.05) is 13.2 Å². The number of hydrogen-bond donors (Lipinski definition) is 2. The van der Waals surface area contributed by atoms with Crippen molar-refractivity contribution in [2.24, 2.45) is 0 Å². The lowest BCUT2D eigenvalue weighted by Gasteiger charge is -2.16. The Morgan fingerprint density at radius 3 is 2.86 bits per heavy atom. The fraction of sp³-hybridized carbons (Fsp3) is 0.455. The molecule has 0 amide bonds. The Balaban J connectivity index is 2.68. The molecule has 0 fully saturated rings. The Bertz CT molecular complexity index is 278. The average Bonchev–Trinajstić information content (AvgIpc) is 2.19. The third-order valence-electron chi connectivity index (χ3n) is 2.16. The molecule has 0 saturated carbocycles. The molecule has 0 unspecified atom stereocenters. The average molecular weight is 258 g/mol. The van der Waals surface area contributed by atoms with Gasteiger partial charge in [0.2, 0.25) is 0 Å². The molecule has 1 atom stereocenters. The van der Waals surface area contributed by atoms with Crippen molar-refractivity contribution < 1.29 is 5.11 Å². The highest BCUT2D eigenvalue weighted by Gasteiger charge is 2.07. The molecular formula is C11H16BrNO. The summed E-state index contributed by atoms with van der Waals surface area (Å²) in [5, 5.41) is 12.0. The summed E-state index contributed by atoms with van der Waals surface area (Å²) in [6.45, 7) is 2.96. The van der Waals surface area contributed by atoms with Gasteiger partial charge in [0.25, 0.3) is 0 Å². The molecule has 0 spiro atoms. The molecule has 0 aliphatic rings. The minimum Gasteiger partial charge on any atom is -0.395 e. The molecule has 0 aliphatic heterocycles. The van der Waals surface area contributed by atoms with E-state index in [1.54, 1.807) is 0 Å². The largest absolute Gasteiger partial charge is 0.395 e. The molecule has 14 heavy (non-hydrogen) atoms. The molecule has 2 nitrogen and oxygen atoms in total. The Labute approximate surface area is 93.5 Å². The highest BCUT2D eigenvalue weighted by molar-refractivity contribution is 9.10. The summed E-state index contributed by atoms with van der Waals surface area (Å²) >= 11 is 3.45. The van der Waals surface area contributed by atoms with Crippen molar-refractivity contribution in [2.45, 2.75) is 19.4 Å². The first-order valence-electron chi connectivity index (χ1n) is 4.87. The fourth-order valence-corrected chi connectivity index (χ4v) is 1.88. The molecule has 0 aliphatic carbocycles. The molecule has 0 bridgehead atoms. The van der Waals surface area contributed by atoms with Crippen LogP contribution in [0.4, 0.5) is 0 Å². The molecule has 0 saturated heterocycles. The van der Waals surface area contributed by atoms with Gasteiger partial charge in [0.1, 0.15) is 0 Å². The van der Waals surface area contributed by atoms with Gasteiger partial charge in [-0.05, 0) is 24.1 Å². The van der Waals surface area contributed by atoms with Crippen molar-refractivity contribution in [1.82, 2.24) is 5.32 Å². The zero-order valence-corrected chi connectivity index (χ0v) is 9.92. The summed E-state index contributed by atoms with van der Waals surface area (Å²) in [7, 11) is 0. The quantitative estimate of drug-likeness (QED) is 0.850. The third kappa shape index (κ3) is 3.40. The van der Waals surface area contributed by atoms with E-state index in [1.807, 2.05) is 12.1 Å². The van der Waals surface area contributed by atoms with Crippen LogP contribution in [0, 0.1) is 0 Å². The van der Waals surface area contributed by atoms with Gasteiger partial charge in [-0.2, -0.15) is 0 Å². The highest BCUT2D eigenvalue weighted by Crippen LogP contribution is 2.20. The Kier molecular flexibility index (Phi) is 5.15. The number of benzene rings is 1. The van der Waals surface area contributed by atoms with Crippen molar-refractivity contribution in [3.05, 3.63) is 34.3 Å². The second kappa shape index (κ2) is 6.17. The van der Waals surface area contributed by atoms with E-state index >= 15 is 0 Å². The number of rotatable bonds is 5. The topological polar surface area (TPSA) is 32.3 Å². The molecular weight excluding hydrogens is 242 g/mol. The maximum absolute atomic E-state index is 8.74. The highest BCUT2D eigenvalue weighted by atomic mass is 79.9. The van der Waals surface area contributed by atoms with Gasteiger partial charge in [0, 0.05) is 17.1 Å². The summed E-state index contributed by atoms with van der Waals surface area (Å²) < 4.78 is 1.10. The molecule has 1 rings (SSSR count). The lowest BCUT2D eigenvalue weighted by molar-refractivity contribution is 0.283. The first-order chi connectivity index (χ1) is 6.77. The van der Waals surface area contributed by atoms with Crippen molar-refractivity contribution >= 4 is 15.9 Å². The molecule has 78 valence electrons. The zero-order chi connectivity index (χ0) is 10.4. The number of hydrogen-bond acceptors (Lipinski definition) is 2. The number of aliphatic hydroxyl groups is 1. The monoisotopic (exact) mass is 257 g/mol. The molecule has 1 aromatic rings. The number of nitrogens with one attached hydrogen (secondary N) is 1. The lowest BCUT2D eigenvalue weighted by Crippen LogP contribution is -2.23. The van der Waals surface area contributed by atoms with Gasteiger partial charge >= 0.3 is 0 Å². The van der Waals surface area contributed by atoms with Crippen LogP contribution in [0.2, 0.25) is 0 Å². The number of aliphatic hydroxyl groups excluding tert-OH is 1. The first kappa shape index (κ1) is 11.7. The van der Waals surface area contributed by atoms with Crippen LogP contribution in [0.15, 0.2) is 28.7 Å².